The van der Waals surface area contributed by atoms with Crippen LogP contribution in [0.5, 0.6) is 0 Å². The molecule has 0 aromatic rings. The summed E-state index contributed by atoms with van der Waals surface area (Å²) in [6.07, 6.45) is -0.0991. The zero-order valence-corrected chi connectivity index (χ0v) is 16.5. The van der Waals surface area contributed by atoms with Crippen molar-refractivity contribution in [2.24, 2.45) is 10.8 Å². The molecule has 0 spiro atoms. The summed E-state index contributed by atoms with van der Waals surface area (Å²) in [5.41, 5.74) is -1.92. The Labute approximate surface area is 144 Å². The summed E-state index contributed by atoms with van der Waals surface area (Å²) in [4.78, 5) is 23.1. The summed E-state index contributed by atoms with van der Waals surface area (Å²) in [7, 11) is -8.16. The molecule has 10 heteroatoms. The zero-order chi connectivity index (χ0) is 19.4. The molecule has 0 aromatic carbocycles. The van der Waals surface area contributed by atoms with E-state index in [-0.39, 0.29) is 12.8 Å². The van der Waals surface area contributed by atoms with Crippen LogP contribution < -0.4 is 0 Å². The molecule has 0 aromatic heterocycles. The summed E-state index contributed by atoms with van der Waals surface area (Å²) in [6, 6.07) is 0. The van der Waals surface area contributed by atoms with Crippen LogP contribution in [0.3, 0.4) is 0 Å². The molecule has 24 heavy (non-hydrogen) atoms. The van der Waals surface area contributed by atoms with Crippen molar-refractivity contribution in [3.05, 3.63) is 0 Å². The van der Waals surface area contributed by atoms with Gasteiger partial charge in [0, 0.05) is 0 Å². The van der Waals surface area contributed by atoms with Crippen molar-refractivity contribution in [3.63, 3.8) is 0 Å². The Hall–Kier alpha value is -1.16. The van der Waals surface area contributed by atoms with Crippen LogP contribution in [0.25, 0.3) is 0 Å². The lowest BCUT2D eigenvalue weighted by atomic mass is 9.98. The van der Waals surface area contributed by atoms with E-state index in [1.165, 1.54) is 41.5 Å². The molecule has 0 fully saturated rings. The van der Waals surface area contributed by atoms with Crippen molar-refractivity contribution >= 4 is 32.2 Å². The van der Waals surface area contributed by atoms with Gasteiger partial charge in [-0.2, -0.15) is 16.8 Å². The number of hydrogen-bond acceptors (Lipinski definition) is 8. The number of carbonyl (C=O) groups excluding carboxylic acids is 2. The molecule has 0 radical (unpaired) electrons. The highest BCUT2D eigenvalue weighted by atomic mass is 32.2. The van der Waals surface area contributed by atoms with Crippen LogP contribution in [0, 0.1) is 10.8 Å². The molecule has 0 unspecified atom stereocenters. The van der Waals surface area contributed by atoms with Crippen molar-refractivity contribution in [2.75, 3.05) is 11.5 Å². The molecule has 0 aliphatic heterocycles. The van der Waals surface area contributed by atoms with Crippen LogP contribution in [0.2, 0.25) is 0 Å². The number of carbonyl (C=O) groups is 2. The second kappa shape index (κ2) is 7.81. The molecule has 142 valence electrons. The second-order valence-corrected chi connectivity index (χ2v) is 10.9. The van der Waals surface area contributed by atoms with E-state index in [0.29, 0.717) is 0 Å². The third-order valence-corrected chi connectivity index (χ3v) is 5.06. The first kappa shape index (κ1) is 22.8. The van der Waals surface area contributed by atoms with E-state index in [1.54, 1.807) is 0 Å². The maximum atomic E-state index is 11.6. The molecule has 0 atom stereocenters. The Morgan fingerprint density at radius 2 is 0.917 bits per heavy atom. The maximum absolute atomic E-state index is 11.6. The Balaban J connectivity index is 4.43. The monoisotopic (exact) mass is 386 g/mol. The summed E-state index contributed by atoms with van der Waals surface area (Å²) in [5.74, 6) is -2.77. The molecule has 0 heterocycles. The number of rotatable bonds is 7. The molecule has 0 N–H and O–H groups in total. The molecule has 0 bridgehead atoms. The van der Waals surface area contributed by atoms with Gasteiger partial charge in [0.1, 0.15) is 0 Å². The van der Waals surface area contributed by atoms with E-state index in [4.69, 9.17) is 0 Å². The fourth-order valence-electron chi connectivity index (χ4n) is 1.12. The van der Waals surface area contributed by atoms with E-state index >= 15 is 0 Å². The first-order chi connectivity index (χ1) is 10.5. The second-order valence-electron chi connectivity index (χ2n) is 7.47. The molecule has 0 saturated heterocycles. The maximum Gasteiger partial charge on any atom is 0.327 e. The minimum Gasteiger partial charge on any atom is -0.345 e. The Morgan fingerprint density at radius 3 is 1.12 bits per heavy atom. The normalized spacial score (nSPS) is 13.4. The predicted molar refractivity (Wildman–Crippen MR) is 87.9 cm³/mol. The van der Waals surface area contributed by atoms with Crippen LogP contribution in [-0.4, -0.2) is 40.3 Å². The molecule has 0 amide bonds. The average molecular weight is 386 g/mol. The van der Waals surface area contributed by atoms with Crippen molar-refractivity contribution in [1.82, 2.24) is 0 Å². The van der Waals surface area contributed by atoms with E-state index in [2.05, 4.69) is 8.37 Å². The number of hydrogen-bond donors (Lipinski definition) is 0. The molecule has 8 nitrogen and oxygen atoms in total. The minimum absolute atomic E-state index is 0.0495. The summed E-state index contributed by atoms with van der Waals surface area (Å²) < 4.78 is 55.5. The highest BCUT2D eigenvalue weighted by Crippen LogP contribution is 2.18. The lowest BCUT2D eigenvalue weighted by molar-refractivity contribution is -0.143. The number of unbranched alkanes of at least 4 members (excludes halogenated alkanes) is 1. The van der Waals surface area contributed by atoms with Gasteiger partial charge in [-0.15, -0.1) is 0 Å². The molecule has 0 aliphatic carbocycles. The highest BCUT2D eigenvalue weighted by molar-refractivity contribution is 7.87. The van der Waals surface area contributed by atoms with Gasteiger partial charge in [0.05, 0.1) is 22.3 Å². The van der Waals surface area contributed by atoms with Gasteiger partial charge in [-0.05, 0) is 54.4 Å². The smallest absolute Gasteiger partial charge is 0.327 e. The van der Waals surface area contributed by atoms with Gasteiger partial charge in [-0.25, -0.2) is 0 Å². The molecular weight excluding hydrogens is 360 g/mol. The van der Waals surface area contributed by atoms with Gasteiger partial charge in [-0.3, -0.25) is 9.59 Å². The molecule has 0 rings (SSSR count). The van der Waals surface area contributed by atoms with E-state index in [0.717, 1.165) is 0 Å². The Bertz CT molecular complexity index is 601. The van der Waals surface area contributed by atoms with Crippen molar-refractivity contribution in [1.29, 1.82) is 0 Å². The summed E-state index contributed by atoms with van der Waals surface area (Å²) >= 11 is 0. The summed E-state index contributed by atoms with van der Waals surface area (Å²) in [6.45, 7) is 9.09. The van der Waals surface area contributed by atoms with Crippen LogP contribution >= 0.6 is 0 Å². The van der Waals surface area contributed by atoms with Gasteiger partial charge >= 0.3 is 32.2 Å². The lowest BCUT2D eigenvalue weighted by Gasteiger charge is -2.16. The average Bonchev–Trinajstić information content (AvgIpc) is 2.31. The van der Waals surface area contributed by atoms with Gasteiger partial charge in [-0.1, -0.05) is 0 Å². The van der Waals surface area contributed by atoms with Gasteiger partial charge in [0.25, 0.3) is 0 Å². The SMILES string of the molecule is CC(C)(C)C(=O)OS(=O)(=O)CCCCS(=O)(=O)OC(=O)C(C)(C)C. The standard InChI is InChI=1S/C14H26O8S2/c1-13(2,3)11(15)21-23(17,18)9-7-8-10-24(19,20)22-12(16)14(4,5)6/h7-10H2,1-6H3. The van der Waals surface area contributed by atoms with Crippen LogP contribution in [0.4, 0.5) is 0 Å². The minimum atomic E-state index is -4.08. The fourth-order valence-corrected chi connectivity index (χ4v) is 3.36. The first-order valence-electron chi connectivity index (χ1n) is 7.39. The predicted octanol–water partition coefficient (Wildman–Crippen LogP) is 1.60. The third-order valence-electron chi connectivity index (χ3n) is 2.67. The summed E-state index contributed by atoms with van der Waals surface area (Å²) in [5, 5.41) is 0. The van der Waals surface area contributed by atoms with Crippen molar-refractivity contribution < 1.29 is 34.8 Å². The third kappa shape index (κ3) is 9.21. The Morgan fingerprint density at radius 1 is 0.667 bits per heavy atom. The van der Waals surface area contributed by atoms with E-state index in [9.17, 15) is 26.4 Å². The lowest BCUT2D eigenvalue weighted by Crippen LogP contribution is -2.28. The molecule has 0 aliphatic rings. The van der Waals surface area contributed by atoms with Crippen LogP contribution in [0.1, 0.15) is 54.4 Å². The Kier molecular flexibility index (Phi) is 7.44. The van der Waals surface area contributed by atoms with Crippen LogP contribution in [-0.2, 0) is 38.2 Å². The quantitative estimate of drug-likeness (QED) is 0.478. The van der Waals surface area contributed by atoms with Gasteiger partial charge in [0.2, 0.25) is 0 Å². The highest BCUT2D eigenvalue weighted by Gasteiger charge is 2.30. The van der Waals surface area contributed by atoms with Gasteiger partial charge < -0.3 is 8.37 Å². The largest absolute Gasteiger partial charge is 0.345 e. The molecular formula is C14H26O8S2. The van der Waals surface area contributed by atoms with Crippen molar-refractivity contribution in [3.8, 4) is 0 Å². The zero-order valence-electron chi connectivity index (χ0n) is 14.9. The van der Waals surface area contributed by atoms with E-state index in [1.807, 2.05) is 0 Å². The van der Waals surface area contributed by atoms with Crippen molar-refractivity contribution in [2.45, 2.75) is 54.4 Å². The van der Waals surface area contributed by atoms with Gasteiger partial charge in [0.15, 0.2) is 0 Å². The molecule has 0 saturated carbocycles. The van der Waals surface area contributed by atoms with Crippen LogP contribution in [0.15, 0.2) is 0 Å². The fraction of sp³-hybridized carbons (Fsp3) is 0.857. The first-order valence-corrected chi connectivity index (χ1v) is 10.5. The topological polar surface area (TPSA) is 121 Å². The van der Waals surface area contributed by atoms with E-state index < -0.39 is 54.5 Å².